The molecule has 9 nitrogen and oxygen atoms in total. The number of esters is 1. The molecule has 0 aliphatic heterocycles. The number of hydrogen-bond acceptors (Lipinski definition) is 7. The van der Waals surface area contributed by atoms with Gasteiger partial charge in [-0.05, 0) is 30.3 Å². The first-order chi connectivity index (χ1) is 17.0. The van der Waals surface area contributed by atoms with Crippen molar-refractivity contribution >= 4 is 29.2 Å². The van der Waals surface area contributed by atoms with E-state index in [2.05, 4.69) is 15.2 Å². The van der Waals surface area contributed by atoms with Gasteiger partial charge in [-0.2, -0.15) is 18.3 Å². The molecular weight excluding hydrogens is 512 g/mol. The van der Waals surface area contributed by atoms with Crippen LogP contribution in [0.2, 0.25) is 5.02 Å². The van der Waals surface area contributed by atoms with Crippen LogP contribution in [0.4, 0.5) is 23.2 Å². The van der Waals surface area contributed by atoms with Gasteiger partial charge < -0.3 is 25.3 Å². The fraction of sp³-hybridized carbons (Fsp3) is 0.227. The summed E-state index contributed by atoms with van der Waals surface area (Å²) in [5, 5.41) is 6.79. The highest BCUT2D eigenvalue weighted by molar-refractivity contribution is 6.33. The number of carbonyl (C=O) groups is 2. The van der Waals surface area contributed by atoms with Gasteiger partial charge in [0.25, 0.3) is 5.91 Å². The number of halogens is 5. The third-order valence-corrected chi connectivity index (χ3v) is 4.99. The van der Waals surface area contributed by atoms with E-state index in [1.807, 2.05) is 0 Å². The number of carbonyl (C=O) groups excluding carboxylic acids is 2. The van der Waals surface area contributed by atoms with Crippen molar-refractivity contribution in [2.75, 3.05) is 25.6 Å². The minimum Gasteiger partial charge on any atom is -0.493 e. The Morgan fingerprint density at radius 1 is 1.19 bits per heavy atom. The average molecular weight is 531 g/mol. The van der Waals surface area contributed by atoms with Crippen LogP contribution < -0.4 is 25.3 Å². The molecule has 0 aliphatic carbocycles. The largest absolute Gasteiger partial charge is 0.493 e. The summed E-state index contributed by atoms with van der Waals surface area (Å²) >= 11 is 6.25. The summed E-state index contributed by atoms with van der Waals surface area (Å²) in [4.78, 5) is 24.0. The highest BCUT2D eigenvalue weighted by Crippen LogP contribution is 2.37. The van der Waals surface area contributed by atoms with Crippen molar-refractivity contribution in [2.24, 2.45) is 12.8 Å². The standard InChI is InChI=1S/C22H19ClF4N4O5/c1-31-18(14(23)10-29-31)13-9-11(3-5-15(13)35-8-7-28)30-20(32)12-4-6-16(34-2)19(17(12)24)36-21(33)22(25,26)27/h3-6,9-10H,7-8,28H2,1-2H3,(H,30,32). The lowest BCUT2D eigenvalue weighted by Gasteiger charge is -2.15. The zero-order chi connectivity index (χ0) is 26.6. The number of benzene rings is 2. The molecule has 36 heavy (non-hydrogen) atoms. The predicted octanol–water partition coefficient (Wildman–Crippen LogP) is 3.95. The summed E-state index contributed by atoms with van der Waals surface area (Å²) in [5.74, 6) is -6.57. The number of ether oxygens (including phenoxy) is 3. The molecule has 1 aromatic heterocycles. The molecular formula is C22H19ClF4N4O5. The van der Waals surface area contributed by atoms with E-state index in [1.54, 1.807) is 7.05 Å². The minimum absolute atomic E-state index is 0.163. The van der Waals surface area contributed by atoms with Crippen LogP contribution in [0, 0.1) is 5.82 Å². The third kappa shape index (κ3) is 5.69. The maximum atomic E-state index is 15.0. The number of nitrogens with one attached hydrogen (secondary N) is 1. The zero-order valence-corrected chi connectivity index (χ0v) is 19.5. The van der Waals surface area contributed by atoms with Crippen molar-refractivity contribution in [1.29, 1.82) is 0 Å². The molecule has 3 N–H and O–H groups in total. The van der Waals surface area contributed by atoms with E-state index in [0.29, 0.717) is 17.0 Å². The second kappa shape index (κ2) is 10.8. The molecule has 1 heterocycles. The third-order valence-electron chi connectivity index (χ3n) is 4.71. The number of amides is 1. The zero-order valence-electron chi connectivity index (χ0n) is 18.8. The molecule has 0 radical (unpaired) electrons. The van der Waals surface area contributed by atoms with Crippen LogP contribution in [0.3, 0.4) is 0 Å². The Labute approximate surface area is 206 Å². The lowest BCUT2D eigenvalue weighted by atomic mass is 10.1. The lowest BCUT2D eigenvalue weighted by molar-refractivity contribution is -0.190. The highest BCUT2D eigenvalue weighted by atomic mass is 35.5. The van der Waals surface area contributed by atoms with Crippen LogP contribution in [0.5, 0.6) is 17.2 Å². The number of rotatable bonds is 8. The Balaban J connectivity index is 1.97. The number of hydrogen-bond donors (Lipinski definition) is 2. The van der Waals surface area contributed by atoms with Crippen LogP contribution in [0.25, 0.3) is 11.3 Å². The number of methoxy groups -OCH3 is 1. The van der Waals surface area contributed by atoms with Gasteiger partial charge in [0, 0.05) is 24.8 Å². The van der Waals surface area contributed by atoms with Gasteiger partial charge in [-0.1, -0.05) is 11.6 Å². The van der Waals surface area contributed by atoms with E-state index >= 15 is 0 Å². The SMILES string of the molecule is COc1ccc(C(=O)Nc2ccc(OCCN)c(-c3c(Cl)cnn3C)c2)c(F)c1OC(=O)C(F)(F)F. The summed E-state index contributed by atoms with van der Waals surface area (Å²) in [5.41, 5.74) is 5.85. The van der Waals surface area contributed by atoms with Crippen LogP contribution in [-0.4, -0.2) is 48.1 Å². The van der Waals surface area contributed by atoms with Crippen LogP contribution >= 0.6 is 11.6 Å². The van der Waals surface area contributed by atoms with Gasteiger partial charge >= 0.3 is 12.1 Å². The van der Waals surface area contributed by atoms with Crippen molar-refractivity contribution in [2.45, 2.75) is 6.18 Å². The molecule has 0 aliphatic rings. The molecule has 0 bridgehead atoms. The first kappa shape index (κ1) is 26.8. The normalized spacial score (nSPS) is 11.2. The monoisotopic (exact) mass is 530 g/mol. The topological polar surface area (TPSA) is 118 Å². The average Bonchev–Trinajstić information content (AvgIpc) is 3.16. The first-order valence-corrected chi connectivity index (χ1v) is 10.5. The second-order valence-corrected chi connectivity index (χ2v) is 7.52. The van der Waals surface area contributed by atoms with Crippen LogP contribution in [-0.2, 0) is 11.8 Å². The summed E-state index contributed by atoms with van der Waals surface area (Å²) in [6.45, 7) is 0.416. The molecule has 0 atom stereocenters. The number of alkyl halides is 3. The molecule has 192 valence electrons. The fourth-order valence-corrected chi connectivity index (χ4v) is 3.39. The van der Waals surface area contributed by atoms with E-state index in [1.165, 1.54) is 29.1 Å². The Morgan fingerprint density at radius 3 is 2.47 bits per heavy atom. The smallest absolute Gasteiger partial charge is 0.491 e. The number of anilines is 1. The van der Waals surface area contributed by atoms with Gasteiger partial charge in [-0.15, -0.1) is 0 Å². The van der Waals surface area contributed by atoms with Gasteiger partial charge in [0.15, 0.2) is 11.6 Å². The Hall–Kier alpha value is -3.84. The van der Waals surface area contributed by atoms with Gasteiger partial charge in [0.05, 0.1) is 29.6 Å². The molecule has 3 aromatic rings. The quantitative estimate of drug-likeness (QED) is 0.257. The minimum atomic E-state index is -5.40. The number of aryl methyl sites for hydroxylation is 1. The van der Waals surface area contributed by atoms with Crippen molar-refractivity contribution in [3.8, 4) is 28.5 Å². The Bertz CT molecular complexity index is 1280. The van der Waals surface area contributed by atoms with E-state index in [0.717, 1.165) is 19.2 Å². The Morgan fingerprint density at radius 2 is 1.89 bits per heavy atom. The number of aromatic nitrogens is 2. The van der Waals surface area contributed by atoms with Gasteiger partial charge in [-0.3, -0.25) is 9.48 Å². The van der Waals surface area contributed by atoms with Crippen molar-refractivity contribution in [1.82, 2.24) is 9.78 Å². The number of nitrogens with two attached hydrogens (primary N) is 1. The predicted molar refractivity (Wildman–Crippen MR) is 121 cm³/mol. The Kier molecular flexibility index (Phi) is 8.05. The van der Waals surface area contributed by atoms with Crippen molar-refractivity contribution in [3.05, 3.63) is 52.9 Å². The molecule has 3 rings (SSSR count). The van der Waals surface area contributed by atoms with Gasteiger partial charge in [0.1, 0.15) is 12.4 Å². The highest BCUT2D eigenvalue weighted by Gasteiger charge is 2.42. The van der Waals surface area contributed by atoms with Crippen molar-refractivity contribution in [3.63, 3.8) is 0 Å². The molecule has 14 heteroatoms. The van der Waals surface area contributed by atoms with Crippen LogP contribution in [0.1, 0.15) is 10.4 Å². The second-order valence-electron chi connectivity index (χ2n) is 7.11. The summed E-state index contributed by atoms with van der Waals surface area (Å²) in [7, 11) is 2.66. The van der Waals surface area contributed by atoms with Crippen LogP contribution in [0.15, 0.2) is 36.5 Å². The molecule has 2 aromatic carbocycles. The van der Waals surface area contributed by atoms with Gasteiger partial charge in [0.2, 0.25) is 5.75 Å². The van der Waals surface area contributed by atoms with E-state index < -0.39 is 40.9 Å². The summed E-state index contributed by atoms with van der Waals surface area (Å²) in [6, 6.07) is 6.40. The summed E-state index contributed by atoms with van der Waals surface area (Å²) in [6.07, 6.45) is -3.99. The molecule has 0 saturated carbocycles. The molecule has 0 spiro atoms. The molecule has 0 unspecified atom stereocenters. The van der Waals surface area contributed by atoms with Crippen molar-refractivity contribution < 1.29 is 41.4 Å². The maximum absolute atomic E-state index is 15.0. The number of nitrogens with zero attached hydrogens (tertiary/aromatic N) is 2. The fourth-order valence-electron chi connectivity index (χ4n) is 3.12. The van der Waals surface area contributed by atoms with E-state index in [-0.39, 0.29) is 23.9 Å². The maximum Gasteiger partial charge on any atom is 0.491 e. The lowest BCUT2D eigenvalue weighted by Crippen LogP contribution is -2.28. The molecule has 1 amide bonds. The van der Waals surface area contributed by atoms with E-state index in [4.69, 9.17) is 26.8 Å². The molecule has 0 saturated heterocycles. The van der Waals surface area contributed by atoms with E-state index in [9.17, 15) is 27.2 Å². The first-order valence-electron chi connectivity index (χ1n) is 10.1. The van der Waals surface area contributed by atoms with Gasteiger partial charge in [-0.25, -0.2) is 9.18 Å². The summed E-state index contributed by atoms with van der Waals surface area (Å²) < 4.78 is 68.8. The molecule has 0 fully saturated rings.